The molecule has 8 nitrogen and oxygen atoms in total. The van der Waals surface area contributed by atoms with Crippen LogP contribution >= 0.6 is 0 Å². The van der Waals surface area contributed by atoms with Crippen LogP contribution < -0.4 is 5.11 Å². The van der Waals surface area contributed by atoms with Crippen molar-refractivity contribution in [3.05, 3.63) is 12.2 Å². The fourth-order valence-electron chi connectivity index (χ4n) is 8.42. The molecule has 8 heteroatoms. The van der Waals surface area contributed by atoms with Crippen LogP contribution in [0.25, 0.3) is 0 Å². The largest absolute Gasteiger partial charge is 0.544 e. The highest BCUT2D eigenvalue weighted by Gasteiger charge is 2.25. The van der Waals surface area contributed by atoms with Crippen molar-refractivity contribution >= 4 is 17.9 Å². The summed E-state index contributed by atoms with van der Waals surface area (Å²) in [5.74, 6) is -1.72. The Morgan fingerprint density at radius 2 is 0.794 bits per heavy atom. The van der Waals surface area contributed by atoms with Crippen molar-refractivity contribution in [1.82, 2.24) is 0 Å². The summed E-state index contributed by atoms with van der Waals surface area (Å²) in [5.41, 5.74) is 0. The van der Waals surface area contributed by atoms with Crippen molar-refractivity contribution in [3.8, 4) is 0 Å². The van der Waals surface area contributed by atoms with Gasteiger partial charge in [0.25, 0.3) is 0 Å². The number of carbonyl (C=O) groups excluding carboxylic acids is 3. The van der Waals surface area contributed by atoms with Crippen LogP contribution in [0.3, 0.4) is 0 Å². The van der Waals surface area contributed by atoms with Crippen molar-refractivity contribution in [2.45, 2.75) is 283 Å². The standard InChI is InChI=1S/C55H105NO7/c1-6-8-10-12-14-16-18-20-22-24-25-26-27-28-30-32-34-36-38-40-42-44-46-54(58)63-51(49-61-48-47-52(55(59)60)56(3,4)5)50-62-53(57)45-43-41-39-37-35-33-31-29-23-21-19-17-15-13-11-9-7-2/h27-28,51-52H,6-26,29-50H2,1-5H3/b28-27+. The van der Waals surface area contributed by atoms with Gasteiger partial charge in [0.15, 0.2) is 6.10 Å². The Labute approximate surface area is 390 Å². The molecule has 0 spiro atoms. The normalized spacial score (nSPS) is 12.8. The molecule has 0 radical (unpaired) electrons. The van der Waals surface area contributed by atoms with Gasteiger partial charge in [-0.25, -0.2) is 0 Å². The third-order valence-corrected chi connectivity index (χ3v) is 12.7. The molecule has 372 valence electrons. The monoisotopic (exact) mass is 892 g/mol. The zero-order valence-corrected chi connectivity index (χ0v) is 42.5. The maximum atomic E-state index is 12.8. The number of quaternary nitrogens is 1. The van der Waals surface area contributed by atoms with Crippen LogP contribution in [0.2, 0.25) is 0 Å². The number of likely N-dealkylation sites (N-methyl/N-ethyl adjacent to an activating group) is 1. The molecule has 0 amide bonds. The average Bonchev–Trinajstić information content (AvgIpc) is 3.24. The van der Waals surface area contributed by atoms with Crippen LogP contribution in [0.4, 0.5) is 0 Å². The number of ether oxygens (including phenoxy) is 3. The smallest absolute Gasteiger partial charge is 0.306 e. The number of esters is 2. The van der Waals surface area contributed by atoms with Crippen molar-refractivity contribution in [2.75, 3.05) is 41.0 Å². The van der Waals surface area contributed by atoms with Gasteiger partial charge in [-0.2, -0.15) is 0 Å². The van der Waals surface area contributed by atoms with E-state index in [0.29, 0.717) is 12.8 Å². The number of nitrogens with zero attached hydrogens (tertiary/aromatic N) is 1. The summed E-state index contributed by atoms with van der Waals surface area (Å²) in [7, 11) is 5.43. The molecule has 0 aromatic rings. The summed E-state index contributed by atoms with van der Waals surface area (Å²) >= 11 is 0. The summed E-state index contributed by atoms with van der Waals surface area (Å²) in [6.45, 7) is 4.72. The molecule has 0 aromatic carbocycles. The maximum Gasteiger partial charge on any atom is 0.306 e. The summed E-state index contributed by atoms with van der Waals surface area (Å²) in [6, 6.07) is -0.723. The van der Waals surface area contributed by atoms with Crippen LogP contribution in [0, 0.1) is 0 Å². The van der Waals surface area contributed by atoms with Gasteiger partial charge in [-0.1, -0.05) is 225 Å². The number of hydrogen-bond acceptors (Lipinski definition) is 7. The molecule has 0 heterocycles. The SMILES string of the molecule is CCCCCCCCCCCCC/C=C/CCCCCCCCCC(=O)OC(COCCC(C(=O)[O-])[N+](C)(C)C)COC(=O)CCCCCCCCCCCCCCCCCCC. The molecule has 0 N–H and O–H groups in total. The van der Waals surface area contributed by atoms with Gasteiger partial charge in [0.2, 0.25) is 0 Å². The number of unbranched alkanes of at least 4 members (excludes halogenated alkanes) is 34. The zero-order valence-electron chi connectivity index (χ0n) is 42.5. The molecule has 0 aromatic heterocycles. The molecule has 2 atom stereocenters. The molecule has 0 saturated heterocycles. The van der Waals surface area contributed by atoms with Crippen LogP contribution in [-0.4, -0.2) is 75.5 Å². The molecule has 0 bridgehead atoms. The Kier molecular flexibility index (Phi) is 45.2. The van der Waals surface area contributed by atoms with Crippen LogP contribution in [0.1, 0.15) is 271 Å². The number of carboxylic acid groups (broad SMARTS) is 1. The van der Waals surface area contributed by atoms with E-state index in [0.717, 1.165) is 38.5 Å². The molecule has 0 aliphatic rings. The number of aliphatic carboxylic acids is 1. The van der Waals surface area contributed by atoms with Crippen molar-refractivity contribution in [2.24, 2.45) is 0 Å². The quantitative estimate of drug-likeness (QED) is 0.0259. The maximum absolute atomic E-state index is 12.8. The number of carboxylic acids is 1. The molecule has 2 unspecified atom stereocenters. The first-order valence-corrected chi connectivity index (χ1v) is 27.2. The average molecular weight is 892 g/mol. The van der Waals surface area contributed by atoms with E-state index in [1.54, 1.807) is 0 Å². The summed E-state index contributed by atoms with van der Waals surface area (Å²) in [4.78, 5) is 37.1. The van der Waals surface area contributed by atoms with E-state index >= 15 is 0 Å². The molecular weight excluding hydrogens is 787 g/mol. The van der Waals surface area contributed by atoms with E-state index in [-0.39, 0.29) is 42.7 Å². The predicted molar refractivity (Wildman–Crippen MR) is 264 cm³/mol. The van der Waals surface area contributed by atoms with Gasteiger partial charge >= 0.3 is 11.9 Å². The van der Waals surface area contributed by atoms with E-state index in [1.165, 1.54) is 199 Å². The molecule has 0 rings (SSSR count). The molecule has 0 aliphatic heterocycles. The molecular formula is C55H105NO7. The molecule has 63 heavy (non-hydrogen) atoms. The number of rotatable bonds is 50. The Balaban J connectivity index is 4.18. The van der Waals surface area contributed by atoms with Crippen molar-refractivity contribution in [3.63, 3.8) is 0 Å². The number of carbonyl (C=O) groups is 3. The minimum Gasteiger partial charge on any atom is -0.544 e. The molecule has 0 fully saturated rings. The lowest BCUT2D eigenvalue weighted by molar-refractivity contribution is -0.889. The van der Waals surface area contributed by atoms with Gasteiger partial charge in [0.05, 0.1) is 40.3 Å². The van der Waals surface area contributed by atoms with E-state index < -0.39 is 18.1 Å². The molecule has 0 saturated carbocycles. The summed E-state index contributed by atoms with van der Waals surface area (Å²) < 4.78 is 17.3. The summed E-state index contributed by atoms with van der Waals surface area (Å²) in [5, 5.41) is 11.7. The van der Waals surface area contributed by atoms with Gasteiger partial charge in [-0.05, 0) is 38.5 Å². The second-order valence-electron chi connectivity index (χ2n) is 19.8. The Morgan fingerprint density at radius 3 is 1.14 bits per heavy atom. The third-order valence-electron chi connectivity index (χ3n) is 12.7. The van der Waals surface area contributed by atoms with Crippen LogP contribution in [0.5, 0.6) is 0 Å². The lowest BCUT2D eigenvalue weighted by Crippen LogP contribution is -2.55. The fourth-order valence-corrected chi connectivity index (χ4v) is 8.42. The Hall–Kier alpha value is -1.93. The number of hydrogen-bond donors (Lipinski definition) is 0. The van der Waals surface area contributed by atoms with Crippen molar-refractivity contribution < 1.29 is 38.2 Å². The lowest BCUT2D eigenvalue weighted by Gasteiger charge is -2.34. The van der Waals surface area contributed by atoms with Crippen LogP contribution in [0.15, 0.2) is 12.2 Å². The minimum atomic E-state index is -1.12. The van der Waals surface area contributed by atoms with Gasteiger partial charge in [-0.15, -0.1) is 0 Å². The predicted octanol–water partition coefficient (Wildman–Crippen LogP) is 14.5. The molecule has 0 aliphatic carbocycles. The van der Waals surface area contributed by atoms with E-state index in [9.17, 15) is 19.5 Å². The number of allylic oxidation sites excluding steroid dienone is 2. The highest BCUT2D eigenvalue weighted by atomic mass is 16.6. The zero-order chi connectivity index (χ0) is 46.3. The second-order valence-corrected chi connectivity index (χ2v) is 19.8. The van der Waals surface area contributed by atoms with Crippen molar-refractivity contribution in [1.29, 1.82) is 0 Å². The Bertz CT molecular complexity index is 1040. The van der Waals surface area contributed by atoms with E-state index in [4.69, 9.17) is 14.2 Å². The first kappa shape index (κ1) is 61.1. The van der Waals surface area contributed by atoms with E-state index in [2.05, 4.69) is 26.0 Å². The van der Waals surface area contributed by atoms with E-state index in [1.807, 2.05) is 21.1 Å². The Morgan fingerprint density at radius 1 is 0.460 bits per heavy atom. The highest BCUT2D eigenvalue weighted by molar-refractivity contribution is 5.70. The highest BCUT2D eigenvalue weighted by Crippen LogP contribution is 2.17. The summed E-state index contributed by atoms with van der Waals surface area (Å²) in [6.07, 6.45) is 52.4. The fraction of sp³-hybridized carbons (Fsp3) is 0.909. The topological polar surface area (TPSA) is 102 Å². The third kappa shape index (κ3) is 45.0. The first-order chi connectivity index (χ1) is 30.6. The van der Waals surface area contributed by atoms with Gasteiger partial charge in [0.1, 0.15) is 12.6 Å². The first-order valence-electron chi connectivity index (χ1n) is 27.2. The van der Waals surface area contributed by atoms with Crippen LogP contribution in [-0.2, 0) is 28.6 Å². The lowest BCUT2D eigenvalue weighted by atomic mass is 10.0. The second kappa shape index (κ2) is 46.6. The van der Waals surface area contributed by atoms with Gasteiger partial charge < -0.3 is 28.6 Å². The minimum absolute atomic E-state index is 0.0452. The van der Waals surface area contributed by atoms with Gasteiger partial charge in [0, 0.05) is 19.3 Å². The van der Waals surface area contributed by atoms with Gasteiger partial charge in [-0.3, -0.25) is 9.59 Å².